The number of benzene rings is 4. The molecule has 0 fully saturated rings. The minimum Gasteiger partial charge on any atom is -0.457 e. The van der Waals surface area contributed by atoms with Crippen molar-refractivity contribution in [3.8, 4) is 23.0 Å². The SMILES string of the molecule is O=C(Pc1ccc(Oc2ccccc2)cc1Oc1ccccc1)c1c(C(F)(F)F)cccc1C(F)(F)F. The molecule has 0 saturated heterocycles. The Balaban J connectivity index is 1.75. The first-order valence-corrected chi connectivity index (χ1v) is 11.7. The fourth-order valence-electron chi connectivity index (χ4n) is 3.45. The van der Waals surface area contributed by atoms with Gasteiger partial charge in [-0.2, -0.15) is 26.3 Å². The van der Waals surface area contributed by atoms with E-state index in [1.807, 2.05) is 0 Å². The smallest absolute Gasteiger partial charge is 0.417 e. The fourth-order valence-corrected chi connectivity index (χ4v) is 4.50. The summed E-state index contributed by atoms with van der Waals surface area (Å²) in [7, 11) is -1.10. The van der Waals surface area contributed by atoms with E-state index < -0.39 is 43.1 Å². The predicted molar refractivity (Wildman–Crippen MR) is 128 cm³/mol. The number of carbonyl (C=O) groups excluding carboxylic acids is 1. The molecule has 0 bridgehead atoms. The minimum absolute atomic E-state index is 0.0596. The maximum atomic E-state index is 13.6. The van der Waals surface area contributed by atoms with E-state index in [9.17, 15) is 31.1 Å². The molecule has 3 nitrogen and oxygen atoms in total. The average Bonchev–Trinajstić information content (AvgIpc) is 2.85. The Morgan fingerprint density at radius 1 is 0.595 bits per heavy atom. The molecule has 4 aromatic carbocycles. The van der Waals surface area contributed by atoms with Crippen LogP contribution in [0.4, 0.5) is 26.3 Å². The van der Waals surface area contributed by atoms with Gasteiger partial charge < -0.3 is 9.47 Å². The maximum Gasteiger partial charge on any atom is 0.417 e. The fraction of sp³-hybridized carbons (Fsp3) is 0.0741. The lowest BCUT2D eigenvalue weighted by Gasteiger charge is -2.18. The van der Waals surface area contributed by atoms with Crippen molar-refractivity contribution in [3.05, 3.63) is 114 Å². The van der Waals surface area contributed by atoms with Crippen LogP contribution >= 0.6 is 8.58 Å². The van der Waals surface area contributed by atoms with Gasteiger partial charge in [0.15, 0.2) is 5.52 Å². The molecule has 0 aliphatic heterocycles. The van der Waals surface area contributed by atoms with Crippen LogP contribution in [-0.2, 0) is 12.4 Å². The van der Waals surface area contributed by atoms with Crippen LogP contribution in [0.2, 0.25) is 0 Å². The Morgan fingerprint density at radius 3 is 1.62 bits per heavy atom. The second-order valence-electron chi connectivity index (χ2n) is 7.67. The van der Waals surface area contributed by atoms with Crippen LogP contribution in [0.15, 0.2) is 97.1 Å². The average molecular weight is 534 g/mol. The molecular formula is C27H17F6O3P. The molecule has 10 heteroatoms. The number of rotatable bonds is 7. The molecule has 0 heterocycles. The van der Waals surface area contributed by atoms with Crippen molar-refractivity contribution >= 4 is 19.4 Å². The third-order valence-electron chi connectivity index (χ3n) is 5.05. The lowest BCUT2D eigenvalue weighted by molar-refractivity contribution is -0.143. The van der Waals surface area contributed by atoms with Gasteiger partial charge in [-0.1, -0.05) is 42.5 Å². The largest absolute Gasteiger partial charge is 0.457 e. The summed E-state index contributed by atoms with van der Waals surface area (Å²) < 4.78 is 93.1. The summed E-state index contributed by atoms with van der Waals surface area (Å²) in [5.41, 5.74) is -6.03. The Bertz CT molecular complexity index is 1350. The molecule has 0 amide bonds. The first-order valence-electron chi connectivity index (χ1n) is 10.7. The van der Waals surface area contributed by atoms with Crippen LogP contribution in [0.25, 0.3) is 0 Å². The number of para-hydroxylation sites is 2. The van der Waals surface area contributed by atoms with Gasteiger partial charge in [0.1, 0.15) is 23.0 Å². The van der Waals surface area contributed by atoms with E-state index in [4.69, 9.17) is 9.47 Å². The lowest BCUT2D eigenvalue weighted by Crippen LogP contribution is -2.19. The van der Waals surface area contributed by atoms with Crippen molar-refractivity contribution in [1.82, 2.24) is 0 Å². The quantitative estimate of drug-likeness (QED) is 0.176. The van der Waals surface area contributed by atoms with Crippen molar-refractivity contribution in [2.75, 3.05) is 0 Å². The molecule has 0 aliphatic rings. The van der Waals surface area contributed by atoms with E-state index in [1.54, 1.807) is 60.7 Å². The van der Waals surface area contributed by atoms with Gasteiger partial charge in [-0.15, -0.1) is 0 Å². The summed E-state index contributed by atoms with van der Waals surface area (Å²) in [5.74, 6) is 1.20. The zero-order valence-electron chi connectivity index (χ0n) is 18.7. The summed E-state index contributed by atoms with van der Waals surface area (Å²) in [6, 6.07) is 22.8. The van der Waals surface area contributed by atoms with Crippen LogP contribution in [0, 0.1) is 0 Å². The number of hydrogen-bond donors (Lipinski definition) is 0. The Kier molecular flexibility index (Phi) is 7.55. The van der Waals surface area contributed by atoms with Gasteiger partial charge in [-0.3, -0.25) is 4.79 Å². The third kappa shape index (κ3) is 6.49. The molecule has 0 saturated carbocycles. The first-order chi connectivity index (χ1) is 17.5. The number of carbonyl (C=O) groups is 1. The van der Waals surface area contributed by atoms with Crippen molar-refractivity contribution in [3.63, 3.8) is 0 Å². The van der Waals surface area contributed by atoms with Crippen LogP contribution < -0.4 is 14.8 Å². The van der Waals surface area contributed by atoms with E-state index in [2.05, 4.69) is 0 Å². The van der Waals surface area contributed by atoms with Gasteiger partial charge in [-0.05, 0) is 57.1 Å². The van der Waals surface area contributed by atoms with E-state index >= 15 is 0 Å². The highest BCUT2D eigenvalue weighted by Crippen LogP contribution is 2.42. The molecule has 190 valence electrons. The van der Waals surface area contributed by atoms with Gasteiger partial charge in [0, 0.05) is 16.9 Å². The molecule has 1 unspecified atom stereocenters. The molecule has 0 aliphatic carbocycles. The number of alkyl halides is 6. The zero-order valence-corrected chi connectivity index (χ0v) is 19.7. The summed E-state index contributed by atoms with van der Waals surface area (Å²) in [5, 5.41) is 0.111. The standard InChI is InChI=1S/C27H17F6O3P/c28-26(29,30)20-12-7-13-21(27(31,32)33)24(20)25(34)37-23-15-14-19(35-17-8-3-1-4-9-17)16-22(23)36-18-10-5-2-6-11-18/h1-16,37H. The van der Waals surface area contributed by atoms with E-state index in [-0.39, 0.29) is 11.1 Å². The van der Waals surface area contributed by atoms with Crippen molar-refractivity contribution in [2.45, 2.75) is 12.4 Å². The Labute approximate surface area is 209 Å². The summed E-state index contributed by atoms with van der Waals surface area (Å²) in [6.45, 7) is 0. The molecule has 0 spiro atoms. The zero-order chi connectivity index (χ0) is 26.6. The molecule has 37 heavy (non-hydrogen) atoms. The van der Waals surface area contributed by atoms with Crippen LogP contribution in [0.1, 0.15) is 21.5 Å². The molecule has 1 atom stereocenters. The van der Waals surface area contributed by atoms with Crippen molar-refractivity contribution in [2.24, 2.45) is 0 Å². The highest BCUT2D eigenvalue weighted by atomic mass is 31.1. The van der Waals surface area contributed by atoms with Gasteiger partial charge >= 0.3 is 12.4 Å². The summed E-state index contributed by atoms with van der Waals surface area (Å²) in [4.78, 5) is 13.1. The first kappa shape index (κ1) is 26.2. The maximum absolute atomic E-state index is 13.6. The van der Waals surface area contributed by atoms with Gasteiger partial charge in [0.2, 0.25) is 0 Å². The molecule has 4 aromatic rings. The van der Waals surface area contributed by atoms with E-state index in [0.29, 0.717) is 35.4 Å². The Morgan fingerprint density at radius 2 is 1.11 bits per heavy atom. The lowest BCUT2D eigenvalue weighted by atomic mass is 10.0. The number of hydrogen-bond acceptors (Lipinski definition) is 3. The highest BCUT2D eigenvalue weighted by molar-refractivity contribution is 7.66. The third-order valence-corrected chi connectivity index (χ3v) is 6.21. The predicted octanol–water partition coefficient (Wildman–Crippen LogP) is 8.45. The molecule has 0 aromatic heterocycles. The van der Waals surface area contributed by atoms with Gasteiger partial charge in [0.05, 0.1) is 11.1 Å². The minimum atomic E-state index is -5.16. The monoisotopic (exact) mass is 534 g/mol. The van der Waals surface area contributed by atoms with Crippen LogP contribution in [0.5, 0.6) is 23.0 Å². The van der Waals surface area contributed by atoms with Crippen molar-refractivity contribution in [1.29, 1.82) is 0 Å². The molecule has 0 radical (unpaired) electrons. The summed E-state index contributed by atoms with van der Waals surface area (Å²) in [6.07, 6.45) is -10.3. The molecular weight excluding hydrogens is 517 g/mol. The molecule has 4 rings (SSSR count). The van der Waals surface area contributed by atoms with E-state index in [0.717, 1.165) is 0 Å². The van der Waals surface area contributed by atoms with E-state index in [1.165, 1.54) is 18.2 Å². The number of halogens is 6. The normalized spacial score (nSPS) is 12.1. The Hall–Kier alpha value is -3.84. The van der Waals surface area contributed by atoms with Gasteiger partial charge in [-0.25, -0.2) is 0 Å². The second kappa shape index (κ2) is 10.6. The van der Waals surface area contributed by atoms with Crippen LogP contribution in [0.3, 0.4) is 0 Å². The topological polar surface area (TPSA) is 35.5 Å². The highest BCUT2D eigenvalue weighted by Gasteiger charge is 2.42. The number of ether oxygens (including phenoxy) is 2. The van der Waals surface area contributed by atoms with Gasteiger partial charge in [0.25, 0.3) is 0 Å². The summed E-state index contributed by atoms with van der Waals surface area (Å²) >= 11 is 0. The van der Waals surface area contributed by atoms with Crippen molar-refractivity contribution < 1.29 is 40.6 Å². The molecule has 0 N–H and O–H groups in total. The second-order valence-corrected chi connectivity index (χ2v) is 8.91. The van der Waals surface area contributed by atoms with Crippen LogP contribution in [-0.4, -0.2) is 5.52 Å².